The van der Waals surface area contributed by atoms with E-state index < -0.39 is 5.97 Å². The van der Waals surface area contributed by atoms with Gasteiger partial charge in [-0.25, -0.2) is 14.9 Å². The van der Waals surface area contributed by atoms with Crippen molar-refractivity contribution in [3.63, 3.8) is 0 Å². The van der Waals surface area contributed by atoms with Crippen LogP contribution in [0.4, 0.5) is 0 Å². The highest BCUT2D eigenvalue weighted by Gasteiger charge is 2.28. The normalized spacial score (nSPS) is 13.7. The van der Waals surface area contributed by atoms with Crippen LogP contribution in [0.25, 0.3) is 22.3 Å². The van der Waals surface area contributed by atoms with Crippen molar-refractivity contribution in [1.82, 2.24) is 24.7 Å². The van der Waals surface area contributed by atoms with Crippen molar-refractivity contribution in [1.29, 1.82) is 0 Å². The summed E-state index contributed by atoms with van der Waals surface area (Å²) >= 11 is 0. The van der Waals surface area contributed by atoms with Gasteiger partial charge in [-0.1, -0.05) is 32.4 Å². The molecule has 3 heterocycles. The van der Waals surface area contributed by atoms with Crippen LogP contribution in [0.15, 0.2) is 41.5 Å². The molecular weight excluding hydrogens is 358 g/mol. The highest BCUT2D eigenvalue weighted by atomic mass is 16.5. The number of hydrogen-bond acceptors (Lipinski definition) is 5. The van der Waals surface area contributed by atoms with Gasteiger partial charge in [-0.3, -0.25) is 4.79 Å². The summed E-state index contributed by atoms with van der Waals surface area (Å²) in [6.45, 7) is 4.21. The average Bonchev–Trinajstić information content (AvgIpc) is 3.30. The molecular formula is C20H21N5O3. The van der Waals surface area contributed by atoms with Crippen LogP contribution in [0.5, 0.6) is 0 Å². The minimum atomic E-state index is -0.543. The molecule has 2 aliphatic heterocycles. The quantitative estimate of drug-likeness (QED) is 0.519. The first-order chi connectivity index (χ1) is 13.5. The molecule has 4 rings (SSSR count). The van der Waals surface area contributed by atoms with E-state index in [4.69, 9.17) is 9.72 Å². The summed E-state index contributed by atoms with van der Waals surface area (Å²) < 4.78 is 6.76. The van der Waals surface area contributed by atoms with Crippen molar-refractivity contribution in [2.45, 2.75) is 26.3 Å². The standard InChI is InChI=1S/C20H21N5O3/c1-4-11(2)17(18-21-14-7-5-6-8-15(14)22-18)25-9-12-16(23-24-19(12)26)13(10-25)20(27)28-3/h5-11,17H,4H2,1-3H3,(H,21,22)(H,24,26)/t11-,17+/m0/s1. The number of carbonyl (C=O) groups is 1. The Balaban J connectivity index is 1.95. The topological polar surface area (TPSA) is 106 Å². The molecule has 0 spiro atoms. The van der Waals surface area contributed by atoms with Gasteiger partial charge in [0, 0.05) is 12.4 Å². The van der Waals surface area contributed by atoms with Crippen LogP contribution >= 0.6 is 0 Å². The molecule has 1 aromatic heterocycles. The zero-order valence-corrected chi connectivity index (χ0v) is 15.9. The molecule has 0 fully saturated rings. The number of esters is 1. The van der Waals surface area contributed by atoms with E-state index in [1.54, 1.807) is 12.4 Å². The van der Waals surface area contributed by atoms with Crippen LogP contribution in [0.3, 0.4) is 0 Å². The van der Waals surface area contributed by atoms with Gasteiger partial charge in [0.05, 0.1) is 29.7 Å². The predicted octanol–water partition coefficient (Wildman–Crippen LogP) is 2.97. The summed E-state index contributed by atoms with van der Waals surface area (Å²) in [4.78, 5) is 32.7. The molecule has 0 bridgehead atoms. The number of para-hydroxylation sites is 2. The SMILES string of the molecule is CC[C@H](C)[C@H](c1nc2ccccc2[nH]1)n1cc(C(=O)OC)c2n[nH]c(=O)c-2c1. The number of pyridine rings is 1. The zero-order valence-electron chi connectivity index (χ0n) is 15.9. The third kappa shape index (κ3) is 2.87. The van der Waals surface area contributed by atoms with Gasteiger partial charge in [0.25, 0.3) is 5.56 Å². The fraction of sp³-hybridized carbons (Fsp3) is 0.300. The Morgan fingerprint density at radius 1 is 1.29 bits per heavy atom. The van der Waals surface area contributed by atoms with Crippen molar-refractivity contribution >= 4 is 17.0 Å². The van der Waals surface area contributed by atoms with Gasteiger partial charge in [0.1, 0.15) is 17.1 Å². The first-order valence-corrected chi connectivity index (χ1v) is 9.16. The lowest BCUT2D eigenvalue weighted by Gasteiger charge is -2.25. The number of rotatable bonds is 5. The number of nitrogens with zero attached hydrogens (tertiary/aromatic N) is 3. The second kappa shape index (κ2) is 6.95. The van der Waals surface area contributed by atoms with Crippen molar-refractivity contribution in [2.24, 2.45) is 5.92 Å². The fourth-order valence-corrected chi connectivity index (χ4v) is 3.52. The van der Waals surface area contributed by atoms with Crippen LogP contribution in [0.1, 0.15) is 42.5 Å². The third-order valence-corrected chi connectivity index (χ3v) is 5.18. The second-order valence-corrected chi connectivity index (χ2v) is 6.90. The maximum absolute atomic E-state index is 12.3. The Hall–Kier alpha value is -3.42. The third-order valence-electron chi connectivity index (χ3n) is 5.18. The molecule has 0 amide bonds. The molecule has 28 heavy (non-hydrogen) atoms. The van der Waals surface area contributed by atoms with E-state index in [0.717, 1.165) is 23.3 Å². The summed E-state index contributed by atoms with van der Waals surface area (Å²) in [5, 5.41) is 6.40. The van der Waals surface area contributed by atoms with Gasteiger partial charge in [0.15, 0.2) is 0 Å². The van der Waals surface area contributed by atoms with Crippen molar-refractivity contribution in [3.05, 3.63) is 58.4 Å². The number of methoxy groups -OCH3 is 1. The molecule has 0 saturated heterocycles. The smallest absolute Gasteiger partial charge is 0.341 e. The van der Waals surface area contributed by atoms with E-state index in [2.05, 4.69) is 29.0 Å². The van der Waals surface area contributed by atoms with Crippen molar-refractivity contribution in [2.75, 3.05) is 7.11 Å². The molecule has 0 aliphatic carbocycles. The van der Waals surface area contributed by atoms with E-state index in [1.165, 1.54) is 7.11 Å². The first-order valence-electron chi connectivity index (χ1n) is 9.16. The molecule has 2 atom stereocenters. The van der Waals surface area contributed by atoms with Crippen molar-refractivity contribution < 1.29 is 9.53 Å². The van der Waals surface area contributed by atoms with Gasteiger partial charge in [-0.05, 0) is 18.1 Å². The maximum atomic E-state index is 12.3. The number of fused-ring (bicyclic) bond motifs is 2. The summed E-state index contributed by atoms with van der Waals surface area (Å²) in [6.07, 6.45) is 4.28. The summed E-state index contributed by atoms with van der Waals surface area (Å²) in [7, 11) is 1.31. The fourth-order valence-electron chi connectivity index (χ4n) is 3.52. The molecule has 144 valence electrons. The lowest BCUT2D eigenvalue weighted by atomic mass is 9.97. The minimum absolute atomic E-state index is 0.190. The van der Waals surface area contributed by atoms with Gasteiger partial charge >= 0.3 is 5.97 Å². The first kappa shape index (κ1) is 18.0. The number of H-pyrrole nitrogens is 2. The minimum Gasteiger partial charge on any atom is -0.465 e. The van der Waals surface area contributed by atoms with Gasteiger partial charge in [-0.2, -0.15) is 5.10 Å². The van der Waals surface area contributed by atoms with Crippen LogP contribution in [0, 0.1) is 5.92 Å². The summed E-state index contributed by atoms with van der Waals surface area (Å²) in [6, 6.07) is 7.61. The van der Waals surface area contributed by atoms with E-state index >= 15 is 0 Å². The van der Waals surface area contributed by atoms with E-state index in [1.807, 2.05) is 28.8 Å². The second-order valence-electron chi connectivity index (χ2n) is 6.90. The number of nitrogens with one attached hydrogen (secondary N) is 2. The van der Waals surface area contributed by atoms with Crippen LogP contribution in [0.2, 0.25) is 0 Å². The molecule has 2 aromatic rings. The van der Waals surface area contributed by atoms with Crippen LogP contribution < -0.4 is 5.56 Å². The molecule has 8 nitrogen and oxygen atoms in total. The van der Waals surface area contributed by atoms with Crippen molar-refractivity contribution in [3.8, 4) is 11.3 Å². The van der Waals surface area contributed by atoms with Crippen LogP contribution in [-0.4, -0.2) is 37.8 Å². The maximum Gasteiger partial charge on any atom is 0.341 e. The molecule has 0 saturated carbocycles. The van der Waals surface area contributed by atoms with Gasteiger partial charge < -0.3 is 14.3 Å². The number of aromatic nitrogens is 5. The average molecular weight is 379 g/mol. The Labute approximate surface area is 160 Å². The monoisotopic (exact) mass is 379 g/mol. The summed E-state index contributed by atoms with van der Waals surface area (Å²) in [5.74, 6) is 0.417. The highest BCUT2D eigenvalue weighted by Crippen LogP contribution is 2.31. The van der Waals surface area contributed by atoms with Gasteiger partial charge in [-0.15, -0.1) is 0 Å². The Morgan fingerprint density at radius 3 is 2.79 bits per heavy atom. The molecule has 2 aliphatic rings. The van der Waals surface area contributed by atoms with E-state index in [0.29, 0.717) is 11.3 Å². The zero-order chi connectivity index (χ0) is 19.8. The Morgan fingerprint density at radius 2 is 2.07 bits per heavy atom. The number of aromatic amines is 2. The number of ether oxygens (including phenoxy) is 1. The molecule has 0 radical (unpaired) electrons. The number of benzene rings is 1. The number of hydrogen-bond donors (Lipinski definition) is 2. The Kier molecular flexibility index (Phi) is 4.46. The molecule has 0 unspecified atom stereocenters. The Bertz CT molecular complexity index is 1140. The lowest BCUT2D eigenvalue weighted by molar-refractivity contribution is 0.0600. The number of carbonyl (C=O) groups excluding carboxylic acids is 1. The summed E-state index contributed by atoms with van der Waals surface area (Å²) in [5.41, 5.74) is 2.35. The predicted molar refractivity (Wildman–Crippen MR) is 104 cm³/mol. The largest absolute Gasteiger partial charge is 0.465 e. The highest BCUT2D eigenvalue weighted by molar-refractivity contribution is 5.96. The molecule has 8 heteroatoms. The van der Waals surface area contributed by atoms with Crippen LogP contribution in [-0.2, 0) is 4.74 Å². The van der Waals surface area contributed by atoms with E-state index in [9.17, 15) is 9.59 Å². The molecule has 2 N–H and O–H groups in total. The van der Waals surface area contributed by atoms with Gasteiger partial charge in [0.2, 0.25) is 0 Å². The van der Waals surface area contributed by atoms with E-state index in [-0.39, 0.29) is 23.1 Å². The molecule has 1 aromatic carbocycles. The number of imidazole rings is 1. The lowest BCUT2D eigenvalue weighted by Crippen LogP contribution is -2.22.